The van der Waals surface area contributed by atoms with Gasteiger partial charge < -0.3 is 9.47 Å². The number of ether oxygens (including phenoxy) is 2. The van der Waals surface area contributed by atoms with E-state index in [9.17, 15) is 14.9 Å². The molecule has 0 aromatic heterocycles. The smallest absolute Gasteiger partial charge is 0.305 e. The lowest BCUT2D eigenvalue weighted by atomic mass is 9.90. The van der Waals surface area contributed by atoms with Gasteiger partial charge in [0.25, 0.3) is 5.69 Å². The molecule has 6 rings (SSSR count). The number of non-ortho nitro benzene ring substituents is 1. The quantitative estimate of drug-likeness (QED) is 0.320. The number of hydrogen-bond donors (Lipinski definition) is 0. The molecule has 0 radical (unpaired) electrons. The third-order valence-electron chi connectivity index (χ3n) is 5.91. The Morgan fingerprint density at radius 3 is 2.00 bits per heavy atom. The van der Waals surface area contributed by atoms with Crippen LogP contribution in [0.5, 0.6) is 0 Å². The van der Waals surface area contributed by atoms with Gasteiger partial charge >= 0.3 is 5.79 Å². The van der Waals surface area contributed by atoms with Crippen LogP contribution in [0, 0.1) is 10.1 Å². The molecule has 0 amide bonds. The first-order valence-corrected chi connectivity index (χ1v) is 10.1. The molecule has 1 aliphatic carbocycles. The number of allylic oxidation sites excluding steroid dienone is 1. The molecule has 4 aromatic carbocycles. The highest BCUT2D eigenvalue weighted by Gasteiger charge is 2.50. The molecule has 1 atom stereocenters. The highest BCUT2D eigenvalue weighted by molar-refractivity contribution is 6.23. The van der Waals surface area contributed by atoms with Gasteiger partial charge in [-0.05, 0) is 17.5 Å². The molecular formula is C26H15NO5. The lowest BCUT2D eigenvalue weighted by Gasteiger charge is -2.29. The van der Waals surface area contributed by atoms with E-state index in [0.717, 1.165) is 16.3 Å². The number of Topliss-reactive ketones (excluding diaryl/α,β-unsaturated/α-hetero) is 1. The number of nitro benzene ring substituents is 1. The second-order valence-corrected chi connectivity index (χ2v) is 7.69. The minimum absolute atomic E-state index is 0.0408. The van der Waals surface area contributed by atoms with E-state index < -0.39 is 10.7 Å². The highest BCUT2D eigenvalue weighted by Crippen LogP contribution is 2.51. The number of hydrogen-bond acceptors (Lipinski definition) is 5. The molecular weight excluding hydrogens is 406 g/mol. The summed E-state index contributed by atoms with van der Waals surface area (Å²) < 4.78 is 12.9. The fraction of sp³-hybridized carbons (Fsp3) is 0.0385. The number of rotatable bonds is 3. The van der Waals surface area contributed by atoms with Crippen LogP contribution in [0.3, 0.4) is 0 Å². The number of nitro groups is 1. The van der Waals surface area contributed by atoms with Crippen LogP contribution in [0.4, 0.5) is 5.69 Å². The van der Waals surface area contributed by atoms with Crippen molar-refractivity contribution in [3.63, 3.8) is 0 Å². The summed E-state index contributed by atoms with van der Waals surface area (Å²) in [4.78, 5) is 24.1. The standard InChI is InChI=1S/C26H15NO5/c28-23-20-10-4-6-16-7-5-11-21(22(16)20)24-25(23)32-26(31-24,17-8-2-1-3-9-17)18-12-14-19(15-13-18)27(29)30/h1-15H. The van der Waals surface area contributed by atoms with Crippen molar-refractivity contribution in [1.82, 2.24) is 0 Å². The van der Waals surface area contributed by atoms with E-state index in [4.69, 9.17) is 9.47 Å². The van der Waals surface area contributed by atoms with Gasteiger partial charge in [-0.2, -0.15) is 0 Å². The van der Waals surface area contributed by atoms with E-state index in [1.807, 2.05) is 60.7 Å². The Kier molecular flexibility index (Phi) is 3.74. The maximum atomic E-state index is 13.4. The van der Waals surface area contributed by atoms with Crippen LogP contribution < -0.4 is 0 Å². The number of fused-ring (bicyclic) bond motifs is 1. The minimum atomic E-state index is -1.44. The first-order chi connectivity index (χ1) is 15.6. The van der Waals surface area contributed by atoms with Gasteiger partial charge in [0.05, 0.1) is 4.92 Å². The average molecular weight is 421 g/mol. The van der Waals surface area contributed by atoms with Gasteiger partial charge in [-0.3, -0.25) is 14.9 Å². The molecule has 0 fully saturated rings. The molecule has 0 spiro atoms. The average Bonchev–Trinajstić information content (AvgIpc) is 3.26. The zero-order chi connectivity index (χ0) is 21.9. The summed E-state index contributed by atoms with van der Waals surface area (Å²) in [5.74, 6) is -1.18. The molecule has 32 heavy (non-hydrogen) atoms. The molecule has 1 aliphatic heterocycles. The number of ketones is 1. The Hall–Kier alpha value is -4.45. The molecule has 0 bridgehead atoms. The third kappa shape index (κ3) is 2.43. The molecule has 2 aliphatic rings. The summed E-state index contributed by atoms with van der Waals surface area (Å²) in [7, 11) is 0. The fourth-order valence-corrected chi connectivity index (χ4v) is 4.43. The van der Waals surface area contributed by atoms with Gasteiger partial charge in [0, 0.05) is 39.8 Å². The summed E-state index contributed by atoms with van der Waals surface area (Å²) in [5, 5.41) is 12.9. The molecule has 0 N–H and O–H groups in total. The van der Waals surface area contributed by atoms with Crippen LogP contribution in [0.15, 0.2) is 96.8 Å². The van der Waals surface area contributed by atoms with Gasteiger partial charge in [-0.15, -0.1) is 0 Å². The van der Waals surface area contributed by atoms with Gasteiger partial charge in [-0.25, -0.2) is 0 Å². The van der Waals surface area contributed by atoms with Crippen molar-refractivity contribution in [3.05, 3.63) is 129 Å². The van der Waals surface area contributed by atoms with Crippen molar-refractivity contribution in [3.8, 4) is 0 Å². The van der Waals surface area contributed by atoms with E-state index in [-0.39, 0.29) is 17.2 Å². The van der Waals surface area contributed by atoms with Gasteiger partial charge in [-0.1, -0.05) is 66.7 Å². The summed E-state index contributed by atoms with van der Waals surface area (Å²) in [5.41, 5.74) is 2.53. The Bertz CT molecular complexity index is 1450. The number of nitrogens with zero attached hydrogens (tertiary/aromatic N) is 1. The van der Waals surface area contributed by atoms with E-state index in [0.29, 0.717) is 22.4 Å². The van der Waals surface area contributed by atoms with Gasteiger partial charge in [0.2, 0.25) is 11.5 Å². The maximum Gasteiger partial charge on any atom is 0.305 e. The number of carbonyl (C=O) groups excluding carboxylic acids is 1. The topological polar surface area (TPSA) is 78.7 Å². The lowest BCUT2D eigenvalue weighted by molar-refractivity contribution is -0.384. The van der Waals surface area contributed by atoms with Crippen molar-refractivity contribution in [2.75, 3.05) is 0 Å². The highest BCUT2D eigenvalue weighted by atomic mass is 16.7. The van der Waals surface area contributed by atoms with Gasteiger partial charge in [0.15, 0.2) is 5.76 Å². The van der Waals surface area contributed by atoms with Crippen molar-refractivity contribution < 1.29 is 19.2 Å². The Labute approximate surface area is 182 Å². The SMILES string of the molecule is O=C1C2=C(OC(c3ccccc3)(c3ccc([N+](=O)[O-])cc3)O2)c2cccc3cccc1c23. The third-order valence-corrected chi connectivity index (χ3v) is 5.91. The maximum absolute atomic E-state index is 13.4. The predicted molar refractivity (Wildman–Crippen MR) is 118 cm³/mol. The summed E-state index contributed by atoms with van der Waals surface area (Å²) >= 11 is 0. The van der Waals surface area contributed by atoms with Crippen molar-refractivity contribution in [2.45, 2.75) is 5.79 Å². The molecule has 6 nitrogen and oxygen atoms in total. The number of benzene rings is 4. The zero-order valence-electron chi connectivity index (χ0n) is 16.6. The fourth-order valence-electron chi connectivity index (χ4n) is 4.43. The second kappa shape index (κ2) is 6.52. The summed E-state index contributed by atoms with van der Waals surface area (Å²) in [6.07, 6.45) is 0. The number of carbonyl (C=O) groups is 1. The van der Waals surface area contributed by atoms with Crippen LogP contribution in [-0.2, 0) is 15.3 Å². The zero-order valence-corrected chi connectivity index (χ0v) is 16.6. The molecule has 1 unspecified atom stereocenters. The van der Waals surface area contributed by atoms with Crippen molar-refractivity contribution in [2.24, 2.45) is 0 Å². The summed E-state index contributed by atoms with van der Waals surface area (Å²) in [6, 6.07) is 26.6. The Balaban J connectivity index is 1.56. The minimum Gasteiger partial charge on any atom is -0.439 e. The lowest BCUT2D eigenvalue weighted by Crippen LogP contribution is -2.30. The molecule has 1 heterocycles. The Morgan fingerprint density at radius 1 is 0.688 bits per heavy atom. The van der Waals surface area contributed by atoms with E-state index >= 15 is 0 Å². The first kappa shape index (κ1) is 18.3. The second-order valence-electron chi connectivity index (χ2n) is 7.69. The molecule has 154 valence electrons. The van der Waals surface area contributed by atoms with Crippen LogP contribution in [0.25, 0.3) is 16.5 Å². The molecule has 0 saturated carbocycles. The van der Waals surface area contributed by atoms with Crippen molar-refractivity contribution >= 4 is 28.0 Å². The summed E-state index contributed by atoms with van der Waals surface area (Å²) in [6.45, 7) is 0. The largest absolute Gasteiger partial charge is 0.439 e. The van der Waals surface area contributed by atoms with Crippen LogP contribution in [0.2, 0.25) is 0 Å². The van der Waals surface area contributed by atoms with Crippen LogP contribution in [0.1, 0.15) is 27.0 Å². The first-order valence-electron chi connectivity index (χ1n) is 10.1. The van der Waals surface area contributed by atoms with Crippen LogP contribution >= 0.6 is 0 Å². The monoisotopic (exact) mass is 421 g/mol. The molecule has 0 saturated heterocycles. The molecule has 6 heteroatoms. The van der Waals surface area contributed by atoms with Crippen molar-refractivity contribution in [1.29, 1.82) is 0 Å². The normalized spacial score (nSPS) is 18.8. The van der Waals surface area contributed by atoms with Gasteiger partial charge in [0.1, 0.15) is 0 Å². The predicted octanol–water partition coefficient (Wildman–Crippen LogP) is 5.56. The van der Waals surface area contributed by atoms with E-state index in [1.165, 1.54) is 12.1 Å². The van der Waals surface area contributed by atoms with Crippen LogP contribution in [-0.4, -0.2) is 10.7 Å². The molecule has 4 aromatic rings. The van der Waals surface area contributed by atoms with E-state index in [2.05, 4.69) is 0 Å². The van der Waals surface area contributed by atoms with E-state index in [1.54, 1.807) is 18.2 Å². The Morgan fingerprint density at radius 2 is 1.31 bits per heavy atom.